The summed E-state index contributed by atoms with van der Waals surface area (Å²) in [5, 5.41) is 0.721. The van der Waals surface area contributed by atoms with Crippen LogP contribution in [-0.2, 0) is 20.7 Å². The van der Waals surface area contributed by atoms with Crippen molar-refractivity contribution in [1.82, 2.24) is 0 Å². The molecule has 2 atom stereocenters. The van der Waals surface area contributed by atoms with Crippen molar-refractivity contribution in [3.8, 4) is 0 Å². The molecule has 5 heteroatoms. The van der Waals surface area contributed by atoms with Gasteiger partial charge in [-0.05, 0) is 0 Å². The van der Waals surface area contributed by atoms with Crippen molar-refractivity contribution in [3.63, 3.8) is 0 Å². The van der Waals surface area contributed by atoms with Gasteiger partial charge in [0.2, 0.25) is 0 Å². The van der Waals surface area contributed by atoms with Crippen molar-refractivity contribution in [3.05, 3.63) is 102 Å². The summed E-state index contributed by atoms with van der Waals surface area (Å²) in [5.74, 6) is 0.150. The van der Waals surface area contributed by atoms with E-state index in [9.17, 15) is 4.79 Å². The molecule has 0 unspecified atom stereocenters. The predicted molar refractivity (Wildman–Crippen MR) is 119 cm³/mol. The van der Waals surface area contributed by atoms with E-state index in [1.807, 2.05) is 78.9 Å². The molecule has 0 saturated heterocycles. The van der Waals surface area contributed by atoms with Crippen LogP contribution in [0, 0.1) is 0 Å². The van der Waals surface area contributed by atoms with Gasteiger partial charge in [0.05, 0.1) is 0 Å². The second-order valence-electron chi connectivity index (χ2n) is 7.09. The first-order valence-corrected chi connectivity index (χ1v) is 11.9. The fourth-order valence-corrected chi connectivity index (χ4v) is 5.75. The standard InChI is InChI=1S/C25H23NO3Se/c1-28-24(27)25(17-19-11-5-2-6-12-19)22(18-30-21-15-9-4-10-16-21)29-23(26-25)20-13-7-3-8-14-20/h2-16,22H,17-18H2,1H3/t22-,25-/m1/s1. The van der Waals surface area contributed by atoms with E-state index in [1.165, 1.54) is 11.6 Å². The van der Waals surface area contributed by atoms with Gasteiger partial charge in [-0.2, -0.15) is 0 Å². The van der Waals surface area contributed by atoms with Gasteiger partial charge < -0.3 is 0 Å². The van der Waals surface area contributed by atoms with Crippen LogP contribution in [0.5, 0.6) is 0 Å². The van der Waals surface area contributed by atoms with Crippen LogP contribution in [0.15, 0.2) is 96.0 Å². The van der Waals surface area contributed by atoms with Crippen LogP contribution in [0.25, 0.3) is 0 Å². The van der Waals surface area contributed by atoms with Gasteiger partial charge in [-0.25, -0.2) is 0 Å². The molecule has 0 aliphatic carbocycles. The van der Waals surface area contributed by atoms with Crippen LogP contribution in [0.3, 0.4) is 0 Å². The molecule has 0 N–H and O–H groups in total. The summed E-state index contributed by atoms with van der Waals surface area (Å²) in [7, 11) is 1.42. The quantitative estimate of drug-likeness (QED) is 0.398. The van der Waals surface area contributed by atoms with Gasteiger partial charge in [-0.15, -0.1) is 0 Å². The van der Waals surface area contributed by atoms with Crippen LogP contribution in [0.2, 0.25) is 5.32 Å². The predicted octanol–water partition coefficient (Wildman–Crippen LogP) is 3.43. The summed E-state index contributed by atoms with van der Waals surface area (Å²) in [6.45, 7) is 0. The Labute approximate surface area is 183 Å². The van der Waals surface area contributed by atoms with Gasteiger partial charge in [0.1, 0.15) is 0 Å². The van der Waals surface area contributed by atoms with Crippen molar-refractivity contribution in [1.29, 1.82) is 0 Å². The summed E-state index contributed by atoms with van der Waals surface area (Å²) in [4.78, 5) is 18.0. The van der Waals surface area contributed by atoms with E-state index >= 15 is 0 Å². The average Bonchev–Trinajstić information content (AvgIpc) is 3.18. The zero-order valence-electron chi connectivity index (χ0n) is 16.7. The molecule has 1 heterocycles. The Kier molecular flexibility index (Phi) is 6.32. The third kappa shape index (κ3) is 4.33. The average molecular weight is 464 g/mol. The number of benzene rings is 3. The van der Waals surface area contributed by atoms with Crippen molar-refractivity contribution in [2.45, 2.75) is 23.4 Å². The van der Waals surface area contributed by atoms with Gasteiger partial charge in [-0.1, -0.05) is 0 Å². The van der Waals surface area contributed by atoms with Crippen molar-refractivity contribution < 1.29 is 14.3 Å². The molecule has 30 heavy (non-hydrogen) atoms. The Balaban J connectivity index is 1.71. The van der Waals surface area contributed by atoms with Crippen LogP contribution in [0.4, 0.5) is 0 Å². The topological polar surface area (TPSA) is 47.9 Å². The molecule has 0 aromatic heterocycles. The molecule has 152 valence electrons. The van der Waals surface area contributed by atoms with E-state index < -0.39 is 5.54 Å². The maximum absolute atomic E-state index is 13.1. The molecular weight excluding hydrogens is 441 g/mol. The van der Waals surface area contributed by atoms with E-state index in [1.54, 1.807) is 0 Å². The van der Waals surface area contributed by atoms with Crippen molar-refractivity contribution in [2.24, 2.45) is 4.99 Å². The van der Waals surface area contributed by atoms with Crippen LogP contribution < -0.4 is 4.46 Å². The number of hydrogen-bond acceptors (Lipinski definition) is 4. The number of rotatable bonds is 7. The fourth-order valence-electron chi connectivity index (χ4n) is 3.57. The first-order chi connectivity index (χ1) is 14.7. The fraction of sp³-hybridized carbons (Fsp3) is 0.200. The second kappa shape index (κ2) is 9.29. The van der Waals surface area contributed by atoms with Crippen LogP contribution >= 0.6 is 0 Å². The van der Waals surface area contributed by atoms with E-state index in [4.69, 9.17) is 14.5 Å². The third-order valence-corrected chi connectivity index (χ3v) is 7.36. The SMILES string of the molecule is COC(=O)[C@]1(Cc2ccccc2)N=C(c2ccccc2)O[C@@H]1C[Se]c1ccccc1. The Morgan fingerprint density at radius 2 is 1.57 bits per heavy atom. The van der Waals surface area contributed by atoms with E-state index in [2.05, 4.69) is 12.1 Å². The Bertz CT molecular complexity index is 1010. The zero-order chi connectivity index (χ0) is 20.8. The normalized spacial score (nSPS) is 20.3. The molecule has 0 amide bonds. The number of methoxy groups -OCH3 is 1. The van der Waals surface area contributed by atoms with Gasteiger partial charge in [0.15, 0.2) is 0 Å². The number of aliphatic imine (C=N–C) groups is 1. The molecule has 1 aliphatic heterocycles. The number of nitrogens with zero attached hydrogens (tertiary/aromatic N) is 1. The molecule has 3 aromatic rings. The molecule has 4 nitrogen and oxygen atoms in total. The van der Waals surface area contributed by atoms with Crippen molar-refractivity contribution >= 4 is 31.3 Å². The number of carbonyl (C=O) groups excluding carboxylic acids is 1. The van der Waals surface area contributed by atoms with Crippen molar-refractivity contribution in [2.75, 3.05) is 7.11 Å². The van der Waals surface area contributed by atoms with E-state index in [-0.39, 0.29) is 27.0 Å². The van der Waals surface area contributed by atoms with E-state index in [0.29, 0.717) is 12.3 Å². The molecule has 0 radical (unpaired) electrons. The first kappa shape index (κ1) is 20.4. The van der Waals surface area contributed by atoms with Crippen LogP contribution in [-0.4, -0.2) is 45.6 Å². The summed E-state index contributed by atoms with van der Waals surface area (Å²) in [6, 6.07) is 30.0. The molecule has 4 rings (SSSR count). The van der Waals surface area contributed by atoms with E-state index in [0.717, 1.165) is 16.4 Å². The first-order valence-electron chi connectivity index (χ1n) is 9.83. The zero-order valence-corrected chi connectivity index (χ0v) is 18.4. The molecule has 0 saturated carbocycles. The Morgan fingerprint density at radius 1 is 0.967 bits per heavy atom. The third-order valence-electron chi connectivity index (χ3n) is 5.11. The summed E-state index contributed by atoms with van der Waals surface area (Å²) >= 11 is 0.142. The molecule has 1 aliphatic rings. The monoisotopic (exact) mass is 465 g/mol. The summed E-state index contributed by atoms with van der Waals surface area (Å²) in [5.41, 5.74) is 0.799. The minimum atomic E-state index is -1.10. The maximum atomic E-state index is 13.1. The number of esters is 1. The van der Waals surface area contributed by atoms with Gasteiger partial charge in [0, 0.05) is 0 Å². The van der Waals surface area contributed by atoms with Crippen LogP contribution in [0.1, 0.15) is 11.1 Å². The molecule has 0 spiro atoms. The summed E-state index contributed by atoms with van der Waals surface area (Å²) < 4.78 is 12.9. The van der Waals surface area contributed by atoms with Gasteiger partial charge in [0.25, 0.3) is 0 Å². The minimum absolute atomic E-state index is 0.142. The Morgan fingerprint density at radius 3 is 2.20 bits per heavy atom. The number of carbonyl (C=O) groups is 1. The number of ether oxygens (including phenoxy) is 2. The molecule has 0 fully saturated rings. The van der Waals surface area contributed by atoms with Gasteiger partial charge in [-0.3, -0.25) is 0 Å². The molecule has 0 bridgehead atoms. The molecule has 3 aromatic carbocycles. The Hall–Kier alpha value is -2.88. The molecular formula is C25H23NO3Se. The summed E-state index contributed by atoms with van der Waals surface area (Å²) in [6.07, 6.45) is 0.0485. The second-order valence-corrected chi connectivity index (χ2v) is 9.39. The number of hydrogen-bond donors (Lipinski definition) is 0. The van der Waals surface area contributed by atoms with Gasteiger partial charge >= 0.3 is 183 Å².